The number of hydrogen-bond donors (Lipinski definition) is 2. The van der Waals surface area contributed by atoms with E-state index in [9.17, 15) is 8.42 Å². The van der Waals surface area contributed by atoms with Gasteiger partial charge in [0.2, 0.25) is 0 Å². The van der Waals surface area contributed by atoms with Crippen LogP contribution < -0.4 is 15.8 Å². The average molecular weight is 325 g/mol. The summed E-state index contributed by atoms with van der Waals surface area (Å²) in [6, 6.07) is 7.37. The Morgan fingerprint density at radius 1 is 1.41 bits per heavy atom. The van der Waals surface area contributed by atoms with Crippen molar-refractivity contribution in [1.29, 1.82) is 0 Å². The maximum absolute atomic E-state index is 11.7. The van der Waals surface area contributed by atoms with Gasteiger partial charge in [0.1, 0.15) is 5.75 Å². The maximum atomic E-state index is 11.7. The number of benzene rings is 1. The summed E-state index contributed by atoms with van der Waals surface area (Å²) in [6.45, 7) is 4.15. The summed E-state index contributed by atoms with van der Waals surface area (Å²) in [7, 11) is -2.98. The third kappa shape index (κ3) is 4.62. The predicted octanol–water partition coefficient (Wildman–Crippen LogP) is 1.78. The molecule has 0 amide bonds. The van der Waals surface area contributed by atoms with Gasteiger partial charge in [0, 0.05) is 5.69 Å². The third-order valence-electron chi connectivity index (χ3n) is 3.43. The Balaban J connectivity index is 1.91. The monoisotopic (exact) mass is 325 g/mol. The SMILES string of the molecule is CC(C)Oc1ccc(NC(N)=NCC2CCCS2(=O)=O)cc1. The van der Waals surface area contributed by atoms with Crippen molar-refractivity contribution in [2.45, 2.75) is 38.0 Å². The van der Waals surface area contributed by atoms with E-state index < -0.39 is 15.1 Å². The van der Waals surface area contributed by atoms with Crippen molar-refractivity contribution >= 4 is 21.5 Å². The first-order valence-corrected chi connectivity index (χ1v) is 9.13. The Kier molecular flexibility index (Phi) is 5.28. The van der Waals surface area contributed by atoms with E-state index in [0.717, 1.165) is 11.4 Å². The minimum Gasteiger partial charge on any atom is -0.491 e. The molecule has 0 aliphatic carbocycles. The molecule has 2 rings (SSSR count). The first-order chi connectivity index (χ1) is 10.4. The van der Waals surface area contributed by atoms with Crippen LogP contribution in [0.1, 0.15) is 26.7 Å². The van der Waals surface area contributed by atoms with E-state index >= 15 is 0 Å². The quantitative estimate of drug-likeness (QED) is 0.636. The number of ether oxygens (including phenoxy) is 1. The Morgan fingerprint density at radius 2 is 2.09 bits per heavy atom. The Morgan fingerprint density at radius 3 is 2.64 bits per heavy atom. The Hall–Kier alpha value is -1.76. The smallest absolute Gasteiger partial charge is 0.193 e. The predicted molar refractivity (Wildman–Crippen MR) is 89.1 cm³/mol. The second-order valence-electron chi connectivity index (χ2n) is 5.67. The molecule has 3 N–H and O–H groups in total. The molecule has 0 bridgehead atoms. The van der Waals surface area contributed by atoms with E-state index in [4.69, 9.17) is 10.5 Å². The molecular formula is C15H23N3O3S. The van der Waals surface area contributed by atoms with Gasteiger partial charge in [-0.15, -0.1) is 0 Å². The molecule has 0 saturated carbocycles. The first kappa shape index (κ1) is 16.6. The lowest BCUT2D eigenvalue weighted by Gasteiger charge is -2.11. The Labute approximate surface area is 131 Å². The highest BCUT2D eigenvalue weighted by atomic mass is 32.2. The van der Waals surface area contributed by atoms with Gasteiger partial charge in [0.25, 0.3) is 0 Å². The molecule has 1 aliphatic heterocycles. The van der Waals surface area contributed by atoms with E-state index in [-0.39, 0.29) is 24.4 Å². The van der Waals surface area contributed by atoms with Crippen molar-refractivity contribution in [2.24, 2.45) is 10.7 Å². The van der Waals surface area contributed by atoms with Gasteiger partial charge in [-0.3, -0.25) is 4.99 Å². The molecule has 0 aromatic heterocycles. The molecule has 1 aromatic rings. The van der Waals surface area contributed by atoms with Crippen LogP contribution in [0.2, 0.25) is 0 Å². The molecule has 1 aliphatic rings. The van der Waals surface area contributed by atoms with Crippen LogP contribution in [0.4, 0.5) is 5.69 Å². The van der Waals surface area contributed by atoms with E-state index in [1.54, 1.807) is 0 Å². The van der Waals surface area contributed by atoms with E-state index in [2.05, 4.69) is 10.3 Å². The molecule has 1 atom stereocenters. The van der Waals surface area contributed by atoms with Crippen molar-refractivity contribution in [3.8, 4) is 5.75 Å². The third-order valence-corrected chi connectivity index (χ3v) is 5.68. The highest BCUT2D eigenvalue weighted by Crippen LogP contribution is 2.20. The summed E-state index contributed by atoms with van der Waals surface area (Å²) in [5.41, 5.74) is 6.59. The largest absolute Gasteiger partial charge is 0.491 e. The summed E-state index contributed by atoms with van der Waals surface area (Å²) >= 11 is 0. The van der Waals surface area contributed by atoms with Gasteiger partial charge in [-0.05, 0) is 51.0 Å². The van der Waals surface area contributed by atoms with Crippen LogP contribution in [0.25, 0.3) is 0 Å². The summed E-state index contributed by atoms with van der Waals surface area (Å²) in [5.74, 6) is 1.27. The van der Waals surface area contributed by atoms with Crippen molar-refractivity contribution in [3.63, 3.8) is 0 Å². The molecule has 0 radical (unpaired) electrons. The normalized spacial score (nSPS) is 21.0. The summed E-state index contributed by atoms with van der Waals surface area (Å²) < 4.78 is 29.0. The van der Waals surface area contributed by atoms with Crippen molar-refractivity contribution in [2.75, 3.05) is 17.6 Å². The Bertz CT molecular complexity index is 624. The van der Waals surface area contributed by atoms with E-state index in [0.29, 0.717) is 12.8 Å². The van der Waals surface area contributed by atoms with Crippen molar-refractivity contribution in [3.05, 3.63) is 24.3 Å². The van der Waals surface area contributed by atoms with Crippen LogP contribution in [0.3, 0.4) is 0 Å². The zero-order chi connectivity index (χ0) is 16.2. The minimum atomic E-state index is -2.98. The van der Waals surface area contributed by atoms with Gasteiger partial charge in [0.05, 0.1) is 23.7 Å². The number of hydrogen-bond acceptors (Lipinski definition) is 4. The van der Waals surface area contributed by atoms with Gasteiger partial charge in [-0.2, -0.15) is 0 Å². The van der Waals surface area contributed by atoms with Gasteiger partial charge in [-0.1, -0.05) is 0 Å². The summed E-state index contributed by atoms with van der Waals surface area (Å²) in [6.07, 6.45) is 1.51. The van der Waals surface area contributed by atoms with Crippen LogP contribution in [-0.2, 0) is 9.84 Å². The number of anilines is 1. The lowest BCUT2D eigenvalue weighted by Crippen LogP contribution is -2.26. The molecule has 1 unspecified atom stereocenters. The molecule has 122 valence electrons. The molecule has 7 heteroatoms. The molecule has 1 heterocycles. The first-order valence-electron chi connectivity index (χ1n) is 7.42. The zero-order valence-electron chi connectivity index (χ0n) is 13.0. The van der Waals surface area contributed by atoms with Gasteiger partial charge in [-0.25, -0.2) is 8.42 Å². The van der Waals surface area contributed by atoms with Crippen LogP contribution in [-0.4, -0.2) is 38.0 Å². The van der Waals surface area contributed by atoms with Crippen LogP contribution in [0.15, 0.2) is 29.3 Å². The number of sulfone groups is 1. The fraction of sp³-hybridized carbons (Fsp3) is 0.533. The van der Waals surface area contributed by atoms with Gasteiger partial charge < -0.3 is 15.8 Å². The lowest BCUT2D eigenvalue weighted by atomic mass is 10.2. The number of guanidine groups is 1. The van der Waals surface area contributed by atoms with Gasteiger partial charge >= 0.3 is 0 Å². The fourth-order valence-electron chi connectivity index (χ4n) is 2.34. The van der Waals surface area contributed by atoms with Crippen LogP contribution in [0.5, 0.6) is 5.75 Å². The molecule has 0 spiro atoms. The van der Waals surface area contributed by atoms with Crippen LogP contribution in [0, 0.1) is 0 Å². The molecular weight excluding hydrogens is 302 g/mol. The van der Waals surface area contributed by atoms with Crippen LogP contribution >= 0.6 is 0 Å². The lowest BCUT2D eigenvalue weighted by molar-refractivity contribution is 0.242. The average Bonchev–Trinajstić information content (AvgIpc) is 2.77. The highest BCUT2D eigenvalue weighted by molar-refractivity contribution is 7.92. The number of nitrogens with zero attached hydrogens (tertiary/aromatic N) is 1. The summed E-state index contributed by atoms with van der Waals surface area (Å²) in [4.78, 5) is 4.14. The molecule has 1 fully saturated rings. The number of nitrogens with one attached hydrogen (secondary N) is 1. The number of aliphatic imine (C=N–C) groups is 1. The van der Waals surface area contributed by atoms with Crippen molar-refractivity contribution < 1.29 is 13.2 Å². The second-order valence-corrected chi connectivity index (χ2v) is 8.07. The maximum Gasteiger partial charge on any atom is 0.193 e. The molecule has 22 heavy (non-hydrogen) atoms. The topological polar surface area (TPSA) is 93.8 Å². The van der Waals surface area contributed by atoms with E-state index in [1.807, 2.05) is 38.1 Å². The molecule has 1 aromatic carbocycles. The second kappa shape index (κ2) is 7.00. The standard InChI is InChI=1S/C15H23N3O3S/c1-11(2)21-13-7-5-12(6-8-13)18-15(16)17-10-14-4-3-9-22(14,19)20/h5-8,11,14H,3-4,9-10H2,1-2H3,(H3,16,17,18). The molecule has 6 nitrogen and oxygen atoms in total. The highest BCUT2D eigenvalue weighted by Gasteiger charge is 2.30. The van der Waals surface area contributed by atoms with Crippen molar-refractivity contribution in [1.82, 2.24) is 0 Å². The molecule has 1 saturated heterocycles. The zero-order valence-corrected chi connectivity index (χ0v) is 13.8. The minimum absolute atomic E-state index is 0.124. The van der Waals surface area contributed by atoms with E-state index in [1.165, 1.54) is 0 Å². The fourth-order valence-corrected chi connectivity index (χ4v) is 4.07. The summed E-state index contributed by atoms with van der Waals surface area (Å²) in [5, 5.41) is 2.56. The number of rotatable bonds is 5. The van der Waals surface area contributed by atoms with Gasteiger partial charge in [0.15, 0.2) is 15.8 Å². The number of nitrogens with two attached hydrogens (primary N) is 1.